The number of amides is 2. The number of carbonyl (C=O) groups is 2. The van der Waals surface area contributed by atoms with Crippen LogP contribution in [0.1, 0.15) is 30.9 Å². The fourth-order valence-corrected chi connectivity index (χ4v) is 5.00. The van der Waals surface area contributed by atoms with Crippen LogP contribution < -0.4 is 5.32 Å². The summed E-state index contributed by atoms with van der Waals surface area (Å²) in [5.41, 5.74) is 0.604. The van der Waals surface area contributed by atoms with E-state index in [2.05, 4.69) is 5.32 Å². The molecule has 0 unspecified atom stereocenters. The van der Waals surface area contributed by atoms with Crippen LogP contribution in [0.5, 0.6) is 0 Å². The van der Waals surface area contributed by atoms with E-state index in [4.69, 9.17) is 0 Å². The molecule has 2 aliphatic carbocycles. The van der Waals surface area contributed by atoms with Crippen LogP contribution in [-0.4, -0.2) is 35.1 Å². The molecule has 1 aromatic rings. The van der Waals surface area contributed by atoms with Crippen LogP contribution in [0.4, 0.5) is 4.79 Å². The summed E-state index contributed by atoms with van der Waals surface area (Å²) in [5.74, 6) is 1.82. The highest BCUT2D eigenvalue weighted by atomic mass is 16.4. The second-order valence-electron chi connectivity index (χ2n) is 7.20. The van der Waals surface area contributed by atoms with Gasteiger partial charge in [0.2, 0.25) is 0 Å². The maximum absolute atomic E-state index is 12.5. The zero-order valence-electron chi connectivity index (χ0n) is 13.0. The molecule has 5 atom stereocenters. The second kappa shape index (κ2) is 5.55. The Balaban J connectivity index is 1.44. The molecular weight excluding hydrogens is 292 g/mol. The van der Waals surface area contributed by atoms with E-state index in [-0.39, 0.29) is 6.03 Å². The Morgan fingerprint density at radius 3 is 2.26 bits per heavy atom. The first-order valence-corrected chi connectivity index (χ1v) is 8.46. The van der Waals surface area contributed by atoms with Gasteiger partial charge in [0.15, 0.2) is 6.04 Å². The van der Waals surface area contributed by atoms with E-state index in [0.29, 0.717) is 17.4 Å². The Kier molecular flexibility index (Phi) is 3.51. The molecule has 5 nitrogen and oxygen atoms in total. The predicted molar refractivity (Wildman–Crippen MR) is 84.7 cm³/mol. The van der Waals surface area contributed by atoms with Crippen molar-refractivity contribution in [2.24, 2.45) is 23.7 Å². The fraction of sp³-hybridized carbons (Fsp3) is 0.556. The summed E-state index contributed by atoms with van der Waals surface area (Å²) in [4.78, 5) is 25.9. The van der Waals surface area contributed by atoms with E-state index in [1.54, 1.807) is 24.3 Å². The number of hydrogen-bond acceptors (Lipinski definition) is 2. The number of likely N-dealkylation sites (tertiary alicyclic amines) is 1. The number of carboxylic acid groups (broad SMARTS) is 1. The van der Waals surface area contributed by atoms with Crippen LogP contribution in [-0.2, 0) is 4.79 Å². The molecule has 3 fully saturated rings. The first kappa shape index (κ1) is 14.5. The minimum atomic E-state index is -1.02. The number of carbonyl (C=O) groups excluding carboxylic acids is 1. The molecule has 0 aromatic heterocycles. The molecule has 2 N–H and O–H groups in total. The summed E-state index contributed by atoms with van der Waals surface area (Å²) < 4.78 is 0. The average molecular weight is 314 g/mol. The summed E-state index contributed by atoms with van der Waals surface area (Å²) in [5, 5.41) is 12.1. The maximum Gasteiger partial charge on any atom is 0.330 e. The Morgan fingerprint density at radius 1 is 1.09 bits per heavy atom. The summed E-state index contributed by atoms with van der Waals surface area (Å²) in [7, 11) is 0. The van der Waals surface area contributed by atoms with Gasteiger partial charge in [-0.3, -0.25) is 0 Å². The monoisotopic (exact) mass is 314 g/mol. The molecule has 23 heavy (non-hydrogen) atoms. The summed E-state index contributed by atoms with van der Waals surface area (Å²) in [6.07, 6.45) is 3.96. The molecule has 122 valence electrons. The van der Waals surface area contributed by atoms with Crippen LogP contribution in [0.3, 0.4) is 0 Å². The van der Waals surface area contributed by atoms with Gasteiger partial charge in [-0.2, -0.15) is 0 Å². The zero-order valence-corrected chi connectivity index (χ0v) is 13.0. The van der Waals surface area contributed by atoms with E-state index in [1.807, 2.05) is 11.0 Å². The van der Waals surface area contributed by atoms with Crippen LogP contribution in [0.25, 0.3) is 0 Å². The highest BCUT2D eigenvalue weighted by Gasteiger charge is 2.52. The second-order valence-corrected chi connectivity index (χ2v) is 7.20. The maximum atomic E-state index is 12.5. The van der Waals surface area contributed by atoms with Crippen LogP contribution in [0.2, 0.25) is 0 Å². The normalized spacial score (nSPS) is 32.6. The molecule has 2 saturated carbocycles. The van der Waals surface area contributed by atoms with Crippen molar-refractivity contribution in [3.05, 3.63) is 35.9 Å². The molecule has 0 radical (unpaired) electrons. The van der Waals surface area contributed by atoms with Crippen molar-refractivity contribution in [3.8, 4) is 0 Å². The fourth-order valence-electron chi connectivity index (χ4n) is 5.00. The van der Waals surface area contributed by atoms with Crippen LogP contribution in [0.15, 0.2) is 30.3 Å². The average Bonchev–Trinajstić information content (AvgIpc) is 3.24. The van der Waals surface area contributed by atoms with E-state index >= 15 is 0 Å². The van der Waals surface area contributed by atoms with Crippen molar-refractivity contribution in [1.82, 2.24) is 10.2 Å². The van der Waals surface area contributed by atoms with Gasteiger partial charge in [-0.25, -0.2) is 9.59 Å². The summed E-state index contributed by atoms with van der Waals surface area (Å²) >= 11 is 0. The quantitative estimate of drug-likeness (QED) is 0.900. The zero-order chi connectivity index (χ0) is 16.0. The molecule has 3 aliphatic rings. The Hall–Kier alpha value is -2.04. The van der Waals surface area contributed by atoms with Crippen molar-refractivity contribution in [3.63, 3.8) is 0 Å². The lowest BCUT2D eigenvalue weighted by Gasteiger charge is -2.22. The van der Waals surface area contributed by atoms with Gasteiger partial charge >= 0.3 is 12.0 Å². The molecule has 2 bridgehead atoms. The van der Waals surface area contributed by atoms with Gasteiger partial charge < -0.3 is 15.3 Å². The lowest BCUT2D eigenvalue weighted by Crippen LogP contribution is -2.43. The standard InChI is InChI=1S/C18H22N2O3/c21-17(22)16(11-4-2-1-3-5-11)19-18(23)20-9-14-12-6-7-13(8-12)15(14)10-20/h1-5,12-16H,6-10H2,(H,19,23)(H,21,22)/t12-,13+,14-,15+,16-/m0/s1. The Morgan fingerprint density at radius 2 is 1.70 bits per heavy atom. The van der Waals surface area contributed by atoms with Gasteiger partial charge in [-0.1, -0.05) is 30.3 Å². The highest BCUT2D eigenvalue weighted by Crippen LogP contribution is 2.55. The minimum Gasteiger partial charge on any atom is -0.479 e. The molecular formula is C18H22N2O3. The van der Waals surface area contributed by atoms with Crippen molar-refractivity contribution in [2.45, 2.75) is 25.3 Å². The third-order valence-corrected chi connectivity index (χ3v) is 6.07. The van der Waals surface area contributed by atoms with Gasteiger partial charge in [-0.15, -0.1) is 0 Å². The number of urea groups is 1. The largest absolute Gasteiger partial charge is 0.479 e. The van der Waals surface area contributed by atoms with Crippen molar-refractivity contribution >= 4 is 12.0 Å². The molecule has 1 aliphatic heterocycles. The number of hydrogen-bond donors (Lipinski definition) is 2. The molecule has 1 saturated heterocycles. The number of nitrogens with zero attached hydrogens (tertiary/aromatic N) is 1. The SMILES string of the molecule is O=C(O)[C@@H](NC(=O)N1C[C@@H]2[C@@H]3CC[C@@H](C3)[C@@H]2C1)c1ccccc1. The van der Waals surface area contributed by atoms with Crippen molar-refractivity contribution in [2.75, 3.05) is 13.1 Å². The predicted octanol–water partition coefficient (Wildman–Crippen LogP) is 2.50. The van der Waals surface area contributed by atoms with Gasteiger partial charge in [0, 0.05) is 13.1 Å². The lowest BCUT2D eigenvalue weighted by molar-refractivity contribution is -0.139. The first-order valence-electron chi connectivity index (χ1n) is 8.46. The van der Waals surface area contributed by atoms with Gasteiger partial charge in [0.05, 0.1) is 0 Å². The molecule has 5 heteroatoms. The van der Waals surface area contributed by atoms with Crippen LogP contribution >= 0.6 is 0 Å². The highest BCUT2D eigenvalue weighted by molar-refractivity contribution is 5.83. The Bertz CT molecular complexity index is 600. The first-order chi connectivity index (χ1) is 11.1. The smallest absolute Gasteiger partial charge is 0.330 e. The molecule has 2 amide bonds. The molecule has 1 aromatic carbocycles. The van der Waals surface area contributed by atoms with Crippen molar-refractivity contribution < 1.29 is 14.7 Å². The van der Waals surface area contributed by atoms with E-state index in [9.17, 15) is 14.7 Å². The van der Waals surface area contributed by atoms with Gasteiger partial charge in [0.1, 0.15) is 0 Å². The third kappa shape index (κ3) is 2.48. The Labute approximate surface area is 135 Å². The summed E-state index contributed by atoms with van der Waals surface area (Å²) in [6, 6.07) is 7.65. The minimum absolute atomic E-state index is 0.241. The summed E-state index contributed by atoms with van der Waals surface area (Å²) in [6.45, 7) is 1.58. The van der Waals surface area contributed by atoms with Gasteiger partial charge in [-0.05, 0) is 48.5 Å². The molecule has 0 spiro atoms. The number of nitrogens with one attached hydrogen (secondary N) is 1. The van der Waals surface area contributed by atoms with E-state index < -0.39 is 12.0 Å². The van der Waals surface area contributed by atoms with E-state index in [1.165, 1.54) is 19.3 Å². The molecule has 1 heterocycles. The number of fused-ring (bicyclic) bond motifs is 5. The van der Waals surface area contributed by atoms with Gasteiger partial charge in [0.25, 0.3) is 0 Å². The van der Waals surface area contributed by atoms with Crippen LogP contribution in [0, 0.1) is 23.7 Å². The number of rotatable bonds is 3. The lowest BCUT2D eigenvalue weighted by atomic mass is 9.82. The van der Waals surface area contributed by atoms with E-state index in [0.717, 1.165) is 24.9 Å². The number of carboxylic acids is 1. The topological polar surface area (TPSA) is 69.6 Å². The number of benzene rings is 1. The number of aliphatic carboxylic acids is 1. The van der Waals surface area contributed by atoms with Crippen molar-refractivity contribution in [1.29, 1.82) is 0 Å². The third-order valence-electron chi connectivity index (χ3n) is 6.07. The molecule has 4 rings (SSSR count).